The van der Waals surface area contributed by atoms with E-state index in [2.05, 4.69) is 32.2 Å². The Kier molecular flexibility index (Phi) is 5.05. The van der Waals surface area contributed by atoms with Crippen LogP contribution in [0.3, 0.4) is 0 Å². The largest absolute Gasteiger partial charge is 0.487 e. The van der Waals surface area contributed by atoms with Crippen molar-refractivity contribution < 1.29 is 9.53 Å². The Balaban J connectivity index is 1.68. The minimum Gasteiger partial charge on any atom is -0.487 e. The third kappa shape index (κ3) is 4.55. The van der Waals surface area contributed by atoms with E-state index in [1.807, 2.05) is 36.4 Å². The van der Waals surface area contributed by atoms with Crippen LogP contribution in [0.15, 0.2) is 42.5 Å². The van der Waals surface area contributed by atoms with Crippen molar-refractivity contribution in [3.05, 3.63) is 64.2 Å². The monoisotopic (exact) mass is 357 g/mol. The number of carbonyl (C=O) groups excluding carboxylic acids is 1. The first-order valence-electron chi connectivity index (χ1n) is 8.66. The smallest absolute Gasteiger partial charge is 0.220 e. The van der Waals surface area contributed by atoms with Crippen molar-refractivity contribution in [3.8, 4) is 5.75 Å². The van der Waals surface area contributed by atoms with Gasteiger partial charge < -0.3 is 10.1 Å². The van der Waals surface area contributed by atoms with Gasteiger partial charge >= 0.3 is 0 Å². The summed E-state index contributed by atoms with van der Waals surface area (Å²) in [5.41, 5.74) is 3.06. The molecule has 0 saturated heterocycles. The van der Waals surface area contributed by atoms with Crippen molar-refractivity contribution in [2.75, 3.05) is 0 Å². The number of rotatable bonds is 4. The predicted molar refractivity (Wildman–Crippen MR) is 101 cm³/mol. The third-order valence-electron chi connectivity index (χ3n) is 4.51. The molecular weight excluding hydrogens is 334 g/mol. The number of carbonyl (C=O) groups is 1. The second kappa shape index (κ2) is 7.09. The van der Waals surface area contributed by atoms with Gasteiger partial charge in [-0.2, -0.15) is 0 Å². The van der Waals surface area contributed by atoms with Crippen molar-refractivity contribution in [2.24, 2.45) is 0 Å². The first-order valence-corrected chi connectivity index (χ1v) is 9.03. The summed E-state index contributed by atoms with van der Waals surface area (Å²) in [7, 11) is 0. The van der Waals surface area contributed by atoms with Gasteiger partial charge in [0.2, 0.25) is 5.91 Å². The molecule has 132 valence electrons. The molecule has 2 aromatic rings. The highest BCUT2D eigenvalue weighted by Gasteiger charge is 2.34. The fraction of sp³-hybridized carbons (Fsp3) is 0.381. The molecule has 4 heteroatoms. The van der Waals surface area contributed by atoms with Crippen LogP contribution in [0, 0.1) is 6.92 Å². The molecular formula is C21H24ClNO2. The molecule has 3 rings (SSSR count). The standard InChI is InChI=1S/C21H24ClNO2/c1-14-4-10-19-17(12-14)18(13-21(2,3)25-19)23-20(24)11-7-15-5-8-16(22)9-6-15/h4-6,8-10,12,18H,7,11,13H2,1-3H3,(H,23,24)/t18-/m0/s1. The van der Waals surface area contributed by atoms with E-state index < -0.39 is 0 Å². The normalized spacial score (nSPS) is 18.2. The van der Waals surface area contributed by atoms with Gasteiger partial charge in [0.25, 0.3) is 0 Å². The summed E-state index contributed by atoms with van der Waals surface area (Å²) in [5.74, 6) is 0.926. The molecule has 0 fully saturated rings. The Morgan fingerprint density at radius 2 is 1.96 bits per heavy atom. The number of fused-ring (bicyclic) bond motifs is 1. The number of halogens is 1. The molecule has 25 heavy (non-hydrogen) atoms. The molecule has 0 bridgehead atoms. The van der Waals surface area contributed by atoms with E-state index in [4.69, 9.17) is 16.3 Å². The fourth-order valence-corrected chi connectivity index (χ4v) is 3.40. The van der Waals surface area contributed by atoms with Crippen molar-refractivity contribution in [3.63, 3.8) is 0 Å². The van der Waals surface area contributed by atoms with Gasteiger partial charge in [0.15, 0.2) is 0 Å². The first kappa shape index (κ1) is 17.8. The van der Waals surface area contributed by atoms with Crippen LogP contribution in [-0.2, 0) is 11.2 Å². The molecule has 3 nitrogen and oxygen atoms in total. The summed E-state index contributed by atoms with van der Waals surface area (Å²) in [4.78, 5) is 12.5. The lowest BCUT2D eigenvalue weighted by Crippen LogP contribution is -2.41. The van der Waals surface area contributed by atoms with Gasteiger partial charge in [-0.25, -0.2) is 0 Å². The van der Waals surface area contributed by atoms with E-state index >= 15 is 0 Å². The van der Waals surface area contributed by atoms with Gasteiger partial charge in [-0.05, 0) is 51.0 Å². The molecule has 1 aliphatic heterocycles. The number of amides is 1. The molecule has 2 aromatic carbocycles. The summed E-state index contributed by atoms with van der Waals surface area (Å²) < 4.78 is 6.06. The molecule has 0 aromatic heterocycles. The molecule has 1 heterocycles. The van der Waals surface area contributed by atoms with Crippen LogP contribution in [0.1, 0.15) is 49.4 Å². The summed E-state index contributed by atoms with van der Waals surface area (Å²) in [5, 5.41) is 3.91. The minimum atomic E-state index is -0.295. The lowest BCUT2D eigenvalue weighted by atomic mass is 9.89. The van der Waals surface area contributed by atoms with Crippen LogP contribution >= 0.6 is 11.6 Å². The Labute approximate surface area is 154 Å². The molecule has 0 saturated carbocycles. The average molecular weight is 358 g/mol. The zero-order chi connectivity index (χ0) is 18.0. The topological polar surface area (TPSA) is 38.3 Å². The molecule has 1 aliphatic rings. The van der Waals surface area contributed by atoms with E-state index in [0.717, 1.165) is 23.3 Å². The summed E-state index contributed by atoms with van der Waals surface area (Å²) in [6.45, 7) is 6.17. The summed E-state index contributed by atoms with van der Waals surface area (Å²) >= 11 is 5.90. The molecule has 1 amide bonds. The molecule has 0 radical (unpaired) electrons. The Morgan fingerprint density at radius 3 is 2.68 bits per heavy atom. The molecule has 1 N–H and O–H groups in total. The van der Waals surface area contributed by atoms with Crippen LogP contribution < -0.4 is 10.1 Å². The van der Waals surface area contributed by atoms with Crippen LogP contribution in [0.25, 0.3) is 0 Å². The van der Waals surface area contributed by atoms with Crippen molar-refractivity contribution in [2.45, 2.75) is 51.7 Å². The van der Waals surface area contributed by atoms with Crippen molar-refractivity contribution in [1.82, 2.24) is 5.32 Å². The number of hydrogen-bond donors (Lipinski definition) is 1. The van der Waals surface area contributed by atoms with Crippen molar-refractivity contribution in [1.29, 1.82) is 0 Å². The number of ether oxygens (including phenoxy) is 1. The van der Waals surface area contributed by atoms with E-state index in [0.29, 0.717) is 17.9 Å². The highest BCUT2D eigenvalue weighted by Crippen LogP contribution is 2.39. The fourth-order valence-electron chi connectivity index (χ4n) is 3.28. The van der Waals surface area contributed by atoms with Crippen LogP contribution in [0.2, 0.25) is 5.02 Å². The zero-order valence-electron chi connectivity index (χ0n) is 14.9. The zero-order valence-corrected chi connectivity index (χ0v) is 15.7. The lowest BCUT2D eigenvalue weighted by Gasteiger charge is -2.38. The lowest BCUT2D eigenvalue weighted by molar-refractivity contribution is -0.122. The van der Waals surface area contributed by atoms with Gasteiger partial charge in [-0.15, -0.1) is 0 Å². The maximum Gasteiger partial charge on any atom is 0.220 e. The Bertz CT molecular complexity index is 768. The summed E-state index contributed by atoms with van der Waals surface area (Å²) in [6, 6.07) is 13.8. The molecule has 0 aliphatic carbocycles. The van der Waals surface area contributed by atoms with Gasteiger partial charge in [-0.1, -0.05) is 41.4 Å². The molecule has 1 atom stereocenters. The van der Waals surface area contributed by atoms with E-state index in [1.54, 1.807) is 0 Å². The van der Waals surface area contributed by atoms with Crippen LogP contribution in [0.5, 0.6) is 5.75 Å². The van der Waals surface area contributed by atoms with Crippen LogP contribution in [-0.4, -0.2) is 11.5 Å². The number of nitrogens with one attached hydrogen (secondary N) is 1. The van der Waals surface area contributed by atoms with Gasteiger partial charge in [0.05, 0.1) is 6.04 Å². The first-order chi connectivity index (χ1) is 11.8. The van der Waals surface area contributed by atoms with Gasteiger partial charge in [-0.3, -0.25) is 4.79 Å². The second-order valence-corrected chi connectivity index (χ2v) is 7.79. The maximum absolute atomic E-state index is 12.5. The van der Waals surface area contributed by atoms with E-state index in [1.165, 1.54) is 5.56 Å². The predicted octanol–water partition coefficient (Wildman–Crippen LogP) is 5.00. The van der Waals surface area contributed by atoms with E-state index in [9.17, 15) is 4.79 Å². The van der Waals surface area contributed by atoms with Crippen molar-refractivity contribution >= 4 is 17.5 Å². The second-order valence-electron chi connectivity index (χ2n) is 7.35. The quantitative estimate of drug-likeness (QED) is 0.836. The minimum absolute atomic E-state index is 0.0173. The van der Waals surface area contributed by atoms with Gasteiger partial charge in [0, 0.05) is 23.4 Å². The number of benzene rings is 2. The highest BCUT2D eigenvalue weighted by atomic mass is 35.5. The van der Waals surface area contributed by atoms with Crippen LogP contribution in [0.4, 0.5) is 0 Å². The van der Waals surface area contributed by atoms with Gasteiger partial charge in [0.1, 0.15) is 11.4 Å². The number of hydrogen-bond acceptors (Lipinski definition) is 2. The molecule has 0 spiro atoms. The highest BCUT2D eigenvalue weighted by molar-refractivity contribution is 6.30. The van der Waals surface area contributed by atoms with E-state index in [-0.39, 0.29) is 17.6 Å². The summed E-state index contributed by atoms with van der Waals surface area (Å²) in [6.07, 6.45) is 1.92. The molecule has 0 unspecified atom stereocenters. The number of aryl methyl sites for hydroxylation is 2. The Hall–Kier alpha value is -2.00. The maximum atomic E-state index is 12.5. The third-order valence-corrected chi connectivity index (χ3v) is 4.76. The Morgan fingerprint density at radius 1 is 1.24 bits per heavy atom. The SMILES string of the molecule is Cc1ccc2c(c1)[C@@H](NC(=O)CCc1ccc(Cl)cc1)CC(C)(C)O2. The average Bonchev–Trinajstić information content (AvgIpc) is 2.54.